The summed E-state index contributed by atoms with van der Waals surface area (Å²) in [4.78, 5) is 13.6. The molecule has 4 aromatic rings. The molecule has 130 valence electrons. The summed E-state index contributed by atoms with van der Waals surface area (Å²) in [7, 11) is 0. The number of nitrogens with one attached hydrogen (secondary N) is 1. The van der Waals surface area contributed by atoms with Crippen LogP contribution in [0.15, 0.2) is 70.6 Å². The van der Waals surface area contributed by atoms with E-state index in [1.54, 1.807) is 12.1 Å². The highest BCUT2D eigenvalue weighted by Crippen LogP contribution is 2.26. The molecule has 1 N–H and O–H groups in total. The van der Waals surface area contributed by atoms with Crippen molar-refractivity contribution < 1.29 is 13.7 Å². The minimum absolute atomic E-state index is 0.111. The van der Waals surface area contributed by atoms with Crippen LogP contribution in [0.3, 0.4) is 0 Å². The van der Waals surface area contributed by atoms with Crippen molar-refractivity contribution in [1.82, 2.24) is 10.5 Å². The van der Waals surface area contributed by atoms with E-state index in [-0.39, 0.29) is 24.2 Å². The molecule has 0 spiro atoms. The minimum atomic E-state index is -0.332. The number of nitrogens with zero attached hydrogens (tertiary/aromatic N) is 1. The number of rotatable bonds is 5. The van der Waals surface area contributed by atoms with Crippen molar-refractivity contribution >= 4 is 28.2 Å². The molecule has 1 amide bonds. The molecule has 26 heavy (non-hydrogen) atoms. The molecule has 0 fully saturated rings. The third kappa shape index (κ3) is 3.36. The first-order valence-corrected chi connectivity index (χ1v) is 9.00. The lowest BCUT2D eigenvalue weighted by atomic mass is 10.0. The molecule has 2 aromatic heterocycles. The number of hydrogen-bond acceptors (Lipinski definition) is 4. The molecule has 0 radical (unpaired) electrons. The fraction of sp³-hybridized carbons (Fsp3) is 0.100. The van der Waals surface area contributed by atoms with Gasteiger partial charge in [-0.05, 0) is 41.3 Å². The maximum absolute atomic E-state index is 13.3. The van der Waals surface area contributed by atoms with Gasteiger partial charge in [-0.25, -0.2) is 4.39 Å². The van der Waals surface area contributed by atoms with Crippen molar-refractivity contribution in [2.45, 2.75) is 12.5 Å². The molecule has 2 heterocycles. The smallest absolute Gasteiger partial charge is 0.226 e. The van der Waals surface area contributed by atoms with Crippen molar-refractivity contribution in [3.8, 4) is 0 Å². The van der Waals surface area contributed by atoms with Gasteiger partial charge in [0.25, 0.3) is 0 Å². The average Bonchev–Trinajstić information content (AvgIpc) is 3.31. The second kappa shape index (κ2) is 7.09. The number of hydrogen-bond donors (Lipinski definition) is 1. The summed E-state index contributed by atoms with van der Waals surface area (Å²) in [5.74, 6) is -0.481. The number of benzene rings is 2. The van der Waals surface area contributed by atoms with E-state index >= 15 is 0 Å². The Morgan fingerprint density at radius 1 is 1.12 bits per heavy atom. The van der Waals surface area contributed by atoms with Crippen LogP contribution >= 0.6 is 11.3 Å². The Morgan fingerprint density at radius 3 is 2.69 bits per heavy atom. The Bertz CT molecular complexity index is 1030. The van der Waals surface area contributed by atoms with Gasteiger partial charge in [0.2, 0.25) is 5.91 Å². The SMILES string of the molecule is O=C(Cc1noc2ccccc12)NC(c1ccc(F)cc1)c1cccs1. The first-order valence-electron chi connectivity index (χ1n) is 8.12. The molecule has 0 aliphatic carbocycles. The first kappa shape index (κ1) is 16.5. The summed E-state index contributed by atoms with van der Waals surface area (Å²) in [6.45, 7) is 0. The lowest BCUT2D eigenvalue weighted by Gasteiger charge is -2.18. The topological polar surface area (TPSA) is 55.1 Å². The third-order valence-electron chi connectivity index (χ3n) is 4.12. The van der Waals surface area contributed by atoms with Crippen LogP contribution in [0, 0.1) is 5.82 Å². The normalized spacial score (nSPS) is 12.2. The van der Waals surface area contributed by atoms with Crippen molar-refractivity contribution in [2.24, 2.45) is 0 Å². The summed E-state index contributed by atoms with van der Waals surface area (Å²) < 4.78 is 18.5. The summed E-state index contributed by atoms with van der Waals surface area (Å²) in [5.41, 5.74) is 2.08. The van der Waals surface area contributed by atoms with Gasteiger partial charge in [-0.15, -0.1) is 11.3 Å². The second-order valence-corrected chi connectivity index (χ2v) is 6.85. The van der Waals surface area contributed by atoms with E-state index in [9.17, 15) is 9.18 Å². The Hall–Kier alpha value is -2.99. The van der Waals surface area contributed by atoms with Crippen molar-refractivity contribution in [1.29, 1.82) is 0 Å². The van der Waals surface area contributed by atoms with Gasteiger partial charge >= 0.3 is 0 Å². The summed E-state index contributed by atoms with van der Waals surface area (Å²) in [6.07, 6.45) is 0.111. The molecule has 6 heteroatoms. The van der Waals surface area contributed by atoms with E-state index in [0.717, 1.165) is 15.8 Å². The highest BCUT2D eigenvalue weighted by atomic mass is 32.1. The van der Waals surface area contributed by atoms with Crippen LogP contribution in [-0.4, -0.2) is 11.1 Å². The van der Waals surface area contributed by atoms with Gasteiger partial charge in [-0.3, -0.25) is 4.79 Å². The highest BCUT2D eigenvalue weighted by Gasteiger charge is 2.20. The van der Waals surface area contributed by atoms with E-state index in [1.807, 2.05) is 41.8 Å². The van der Waals surface area contributed by atoms with Crippen molar-refractivity contribution in [3.05, 3.63) is 88.0 Å². The van der Waals surface area contributed by atoms with E-state index in [1.165, 1.54) is 23.5 Å². The van der Waals surface area contributed by atoms with Gasteiger partial charge in [-0.1, -0.05) is 35.5 Å². The fourth-order valence-electron chi connectivity index (χ4n) is 2.86. The number of halogens is 1. The Labute approximate surface area is 153 Å². The molecular formula is C20H15FN2O2S. The Balaban J connectivity index is 1.57. The van der Waals surface area contributed by atoms with Crippen LogP contribution in [0.2, 0.25) is 0 Å². The maximum Gasteiger partial charge on any atom is 0.226 e. The molecule has 1 atom stereocenters. The van der Waals surface area contributed by atoms with Crippen LogP contribution in [0.5, 0.6) is 0 Å². The van der Waals surface area contributed by atoms with Crippen molar-refractivity contribution in [2.75, 3.05) is 0 Å². The fourth-order valence-corrected chi connectivity index (χ4v) is 3.66. The van der Waals surface area contributed by atoms with Gasteiger partial charge in [-0.2, -0.15) is 0 Å². The summed E-state index contributed by atoms with van der Waals surface area (Å²) >= 11 is 1.54. The molecule has 0 aliphatic heterocycles. The highest BCUT2D eigenvalue weighted by molar-refractivity contribution is 7.10. The Morgan fingerprint density at radius 2 is 1.92 bits per heavy atom. The van der Waals surface area contributed by atoms with Crippen LogP contribution in [0.4, 0.5) is 4.39 Å². The summed E-state index contributed by atoms with van der Waals surface area (Å²) in [6, 6.07) is 17.1. The van der Waals surface area contributed by atoms with Gasteiger partial charge in [0.05, 0.1) is 12.5 Å². The number of aromatic nitrogens is 1. The molecule has 0 bridgehead atoms. The molecule has 0 saturated carbocycles. The predicted molar refractivity (Wildman–Crippen MR) is 98.4 cm³/mol. The third-order valence-corrected chi connectivity index (χ3v) is 5.05. The number of carbonyl (C=O) groups excluding carboxylic acids is 1. The van der Waals surface area contributed by atoms with Gasteiger partial charge < -0.3 is 9.84 Å². The number of fused-ring (bicyclic) bond motifs is 1. The molecule has 4 rings (SSSR count). The van der Waals surface area contributed by atoms with Crippen LogP contribution in [-0.2, 0) is 11.2 Å². The average molecular weight is 366 g/mol. The first-order chi connectivity index (χ1) is 12.7. The lowest BCUT2D eigenvalue weighted by Crippen LogP contribution is -2.30. The van der Waals surface area contributed by atoms with Crippen molar-refractivity contribution in [3.63, 3.8) is 0 Å². The largest absolute Gasteiger partial charge is 0.356 e. The van der Waals surface area contributed by atoms with Gasteiger partial charge in [0.1, 0.15) is 11.5 Å². The maximum atomic E-state index is 13.3. The molecule has 0 saturated heterocycles. The zero-order chi connectivity index (χ0) is 17.9. The quantitative estimate of drug-likeness (QED) is 0.567. The number of thiophene rings is 1. The molecule has 2 aromatic carbocycles. The molecule has 4 nitrogen and oxygen atoms in total. The molecular weight excluding hydrogens is 351 g/mol. The number of para-hydroxylation sites is 1. The van der Waals surface area contributed by atoms with Gasteiger partial charge in [0.15, 0.2) is 5.58 Å². The van der Waals surface area contributed by atoms with Crippen LogP contribution in [0.1, 0.15) is 22.2 Å². The second-order valence-electron chi connectivity index (χ2n) is 5.87. The zero-order valence-electron chi connectivity index (χ0n) is 13.7. The van der Waals surface area contributed by atoms with E-state index < -0.39 is 0 Å². The Kier molecular flexibility index (Phi) is 4.50. The zero-order valence-corrected chi connectivity index (χ0v) is 14.5. The van der Waals surface area contributed by atoms with E-state index in [0.29, 0.717) is 11.3 Å². The standard InChI is InChI=1S/C20H15FN2O2S/c21-14-9-7-13(8-10-14)20(18-6-3-11-26-18)22-19(24)12-16-15-4-1-2-5-17(15)25-23-16/h1-11,20H,12H2,(H,22,24). The van der Waals surface area contributed by atoms with E-state index in [2.05, 4.69) is 10.5 Å². The van der Waals surface area contributed by atoms with Crippen LogP contribution < -0.4 is 5.32 Å². The predicted octanol–water partition coefficient (Wildman–Crippen LogP) is 4.48. The lowest BCUT2D eigenvalue weighted by molar-refractivity contribution is -0.121. The monoisotopic (exact) mass is 366 g/mol. The number of amides is 1. The molecule has 0 aliphatic rings. The summed E-state index contributed by atoms with van der Waals surface area (Å²) in [5, 5.41) is 9.81. The van der Waals surface area contributed by atoms with Gasteiger partial charge in [0, 0.05) is 10.3 Å². The van der Waals surface area contributed by atoms with E-state index in [4.69, 9.17) is 4.52 Å². The number of carbonyl (C=O) groups is 1. The molecule has 1 unspecified atom stereocenters. The minimum Gasteiger partial charge on any atom is -0.356 e. The van der Waals surface area contributed by atoms with Crippen LogP contribution in [0.25, 0.3) is 11.0 Å².